The topological polar surface area (TPSA) is 69.6 Å². The zero-order valence-corrected chi connectivity index (χ0v) is 11.4. The number of amides is 2. The quantitative estimate of drug-likeness (QED) is 0.835. The van der Waals surface area contributed by atoms with Crippen LogP contribution < -0.4 is 5.32 Å². The molecule has 1 rings (SSSR count). The number of urea groups is 1. The minimum atomic E-state index is -4.48. The molecule has 2 N–H and O–H groups in total. The lowest BCUT2D eigenvalue weighted by Crippen LogP contribution is -2.52. The molecule has 0 saturated heterocycles. The van der Waals surface area contributed by atoms with Crippen LogP contribution in [0.2, 0.25) is 0 Å². The number of hydrogen-bond donors (Lipinski definition) is 2. The van der Waals surface area contributed by atoms with Crippen LogP contribution >= 0.6 is 0 Å². The van der Waals surface area contributed by atoms with Crippen LogP contribution in [0.4, 0.5) is 18.0 Å². The third-order valence-electron chi connectivity index (χ3n) is 3.38. The van der Waals surface area contributed by atoms with Gasteiger partial charge in [0.15, 0.2) is 0 Å². The summed E-state index contributed by atoms with van der Waals surface area (Å²) in [7, 11) is 0. The average Bonchev–Trinajstić information content (AvgIpc) is 2.72. The third-order valence-corrected chi connectivity index (χ3v) is 3.38. The molecule has 8 heteroatoms. The highest BCUT2D eigenvalue weighted by Crippen LogP contribution is 2.26. The summed E-state index contributed by atoms with van der Waals surface area (Å²) in [4.78, 5) is 23.6. The molecule has 1 saturated carbocycles. The molecule has 116 valence electrons. The Kier molecular flexibility index (Phi) is 5.24. The molecule has 0 aliphatic heterocycles. The van der Waals surface area contributed by atoms with Crippen LogP contribution in [0.1, 0.15) is 33.1 Å². The monoisotopic (exact) mass is 296 g/mol. The van der Waals surface area contributed by atoms with Gasteiger partial charge < -0.3 is 15.3 Å². The number of carboxylic acid groups (broad SMARTS) is 1. The number of halogens is 3. The second-order valence-electron chi connectivity index (χ2n) is 5.27. The second kappa shape index (κ2) is 6.32. The fraction of sp³-hybridized carbons (Fsp3) is 0.833. The van der Waals surface area contributed by atoms with Crippen LogP contribution in [0.3, 0.4) is 0 Å². The van der Waals surface area contributed by atoms with Gasteiger partial charge in [-0.3, -0.25) is 4.79 Å². The minimum absolute atomic E-state index is 0.432. The summed E-state index contributed by atoms with van der Waals surface area (Å²) in [6.45, 7) is 1.62. The summed E-state index contributed by atoms with van der Waals surface area (Å²) in [5.41, 5.74) is 0. The summed E-state index contributed by atoms with van der Waals surface area (Å²) in [5, 5.41) is 11.4. The molecule has 1 aliphatic rings. The fourth-order valence-electron chi connectivity index (χ4n) is 2.35. The van der Waals surface area contributed by atoms with E-state index in [4.69, 9.17) is 5.11 Å². The molecule has 0 heterocycles. The lowest BCUT2D eigenvalue weighted by atomic mass is 10.0. The van der Waals surface area contributed by atoms with Crippen LogP contribution in [-0.4, -0.2) is 46.8 Å². The minimum Gasteiger partial charge on any atom is -0.481 e. The molecular formula is C12H19F3N2O3. The fourth-order valence-corrected chi connectivity index (χ4v) is 2.35. The van der Waals surface area contributed by atoms with Gasteiger partial charge in [0.2, 0.25) is 0 Å². The molecule has 0 aromatic carbocycles. The van der Waals surface area contributed by atoms with Crippen molar-refractivity contribution in [2.45, 2.75) is 51.4 Å². The molecule has 2 amide bonds. The summed E-state index contributed by atoms with van der Waals surface area (Å²) < 4.78 is 37.3. The molecule has 1 fully saturated rings. The van der Waals surface area contributed by atoms with Crippen molar-refractivity contribution in [2.24, 2.45) is 5.92 Å². The summed E-state index contributed by atoms with van der Waals surface area (Å²) in [5.74, 6) is -1.75. The zero-order chi connectivity index (χ0) is 15.5. The van der Waals surface area contributed by atoms with E-state index in [1.807, 2.05) is 0 Å². The highest BCUT2D eigenvalue weighted by molar-refractivity contribution is 5.77. The van der Waals surface area contributed by atoms with E-state index in [2.05, 4.69) is 5.32 Å². The molecule has 0 radical (unpaired) electrons. The molecule has 5 nitrogen and oxygen atoms in total. The maximum Gasteiger partial charge on any atom is 0.406 e. The lowest BCUT2D eigenvalue weighted by molar-refractivity contribution is -0.144. The average molecular weight is 296 g/mol. The van der Waals surface area contributed by atoms with Crippen molar-refractivity contribution < 1.29 is 27.9 Å². The first-order chi connectivity index (χ1) is 9.11. The van der Waals surface area contributed by atoms with E-state index in [0.29, 0.717) is 24.2 Å². The first kappa shape index (κ1) is 16.6. The van der Waals surface area contributed by atoms with E-state index in [1.165, 1.54) is 13.8 Å². The van der Waals surface area contributed by atoms with Gasteiger partial charge in [0.1, 0.15) is 6.54 Å². The number of carbonyl (C=O) groups excluding carboxylic acids is 1. The number of carbonyl (C=O) groups is 2. The highest BCUT2D eigenvalue weighted by atomic mass is 19.4. The van der Waals surface area contributed by atoms with Gasteiger partial charge in [0.25, 0.3) is 0 Å². The van der Waals surface area contributed by atoms with Crippen molar-refractivity contribution in [1.29, 1.82) is 0 Å². The number of rotatable bonds is 4. The molecule has 0 aromatic heterocycles. The number of hydrogen-bond acceptors (Lipinski definition) is 2. The summed E-state index contributed by atoms with van der Waals surface area (Å²) >= 11 is 0. The van der Waals surface area contributed by atoms with Crippen molar-refractivity contribution in [2.75, 3.05) is 6.54 Å². The Labute approximate surface area is 115 Å². The molecule has 0 aromatic rings. The van der Waals surface area contributed by atoms with Crippen molar-refractivity contribution in [3.8, 4) is 0 Å². The first-order valence-electron chi connectivity index (χ1n) is 6.48. The van der Waals surface area contributed by atoms with Gasteiger partial charge in [-0.05, 0) is 26.7 Å². The predicted octanol–water partition coefficient (Wildman–Crippen LogP) is 2.22. The number of nitrogens with zero attached hydrogens (tertiary/aromatic N) is 1. The van der Waals surface area contributed by atoms with E-state index in [0.717, 1.165) is 0 Å². The molecule has 1 aliphatic carbocycles. The number of aliphatic carboxylic acids is 1. The van der Waals surface area contributed by atoms with Crippen LogP contribution in [0.5, 0.6) is 0 Å². The maximum absolute atomic E-state index is 12.4. The van der Waals surface area contributed by atoms with Crippen LogP contribution in [-0.2, 0) is 4.79 Å². The van der Waals surface area contributed by atoms with E-state index in [-0.39, 0.29) is 0 Å². The SMILES string of the molecule is CC(C)N(CC(F)(F)F)C(=O)NC1CCCC1C(=O)O. The van der Waals surface area contributed by atoms with Gasteiger partial charge in [-0.2, -0.15) is 13.2 Å². The predicted molar refractivity (Wildman–Crippen MR) is 65.2 cm³/mol. The van der Waals surface area contributed by atoms with E-state index in [9.17, 15) is 22.8 Å². The van der Waals surface area contributed by atoms with Crippen LogP contribution in [0, 0.1) is 5.92 Å². The Morgan fingerprint density at radius 1 is 1.35 bits per heavy atom. The van der Waals surface area contributed by atoms with Gasteiger partial charge in [-0.25, -0.2) is 4.79 Å². The Hall–Kier alpha value is -1.47. The highest BCUT2D eigenvalue weighted by Gasteiger charge is 2.38. The standard InChI is InChI=1S/C12H19F3N2O3/c1-7(2)17(6-12(13,14)15)11(20)16-9-5-3-4-8(9)10(18)19/h7-9H,3-6H2,1-2H3,(H,16,20)(H,18,19). The maximum atomic E-state index is 12.4. The van der Waals surface area contributed by atoms with E-state index in [1.54, 1.807) is 0 Å². The van der Waals surface area contributed by atoms with Crippen molar-refractivity contribution >= 4 is 12.0 Å². The molecule has 20 heavy (non-hydrogen) atoms. The Morgan fingerprint density at radius 3 is 2.40 bits per heavy atom. The van der Waals surface area contributed by atoms with Crippen LogP contribution in [0.25, 0.3) is 0 Å². The van der Waals surface area contributed by atoms with Gasteiger partial charge in [0.05, 0.1) is 5.92 Å². The molecule has 2 unspecified atom stereocenters. The molecular weight excluding hydrogens is 277 g/mol. The normalized spacial score (nSPS) is 22.9. The van der Waals surface area contributed by atoms with Crippen molar-refractivity contribution in [3.05, 3.63) is 0 Å². The van der Waals surface area contributed by atoms with E-state index >= 15 is 0 Å². The number of alkyl halides is 3. The van der Waals surface area contributed by atoms with Gasteiger partial charge in [-0.1, -0.05) is 6.42 Å². The molecule has 0 bridgehead atoms. The number of nitrogens with one attached hydrogen (secondary N) is 1. The smallest absolute Gasteiger partial charge is 0.406 e. The third kappa shape index (κ3) is 4.57. The largest absolute Gasteiger partial charge is 0.481 e. The van der Waals surface area contributed by atoms with Gasteiger partial charge >= 0.3 is 18.2 Å². The van der Waals surface area contributed by atoms with Crippen molar-refractivity contribution in [1.82, 2.24) is 10.2 Å². The van der Waals surface area contributed by atoms with Crippen LogP contribution in [0.15, 0.2) is 0 Å². The number of carboxylic acids is 1. The summed E-state index contributed by atoms with van der Waals surface area (Å²) in [6.07, 6.45) is -2.94. The first-order valence-corrected chi connectivity index (χ1v) is 6.48. The lowest BCUT2D eigenvalue weighted by Gasteiger charge is -2.30. The molecule has 0 spiro atoms. The molecule has 2 atom stereocenters. The van der Waals surface area contributed by atoms with Gasteiger partial charge in [-0.15, -0.1) is 0 Å². The van der Waals surface area contributed by atoms with E-state index < -0.39 is 42.7 Å². The Balaban J connectivity index is 2.69. The zero-order valence-electron chi connectivity index (χ0n) is 11.4. The Bertz CT molecular complexity index is 371. The van der Waals surface area contributed by atoms with Gasteiger partial charge in [0, 0.05) is 12.1 Å². The van der Waals surface area contributed by atoms with Crippen molar-refractivity contribution in [3.63, 3.8) is 0 Å². The Morgan fingerprint density at radius 2 is 1.95 bits per heavy atom. The second-order valence-corrected chi connectivity index (χ2v) is 5.27. The summed E-state index contributed by atoms with van der Waals surface area (Å²) in [6, 6.07) is -2.09.